The molecular weight excluding hydrogens is 404 g/mol. The van der Waals surface area contributed by atoms with Crippen molar-refractivity contribution < 1.29 is 14.3 Å². The Morgan fingerprint density at radius 2 is 2.20 bits per heavy atom. The van der Waals surface area contributed by atoms with Crippen LogP contribution in [-0.2, 0) is 16.0 Å². The average molecular weight is 429 g/mol. The molecule has 3 aliphatic rings. The van der Waals surface area contributed by atoms with Crippen LogP contribution in [0.15, 0.2) is 18.5 Å². The van der Waals surface area contributed by atoms with Crippen LogP contribution in [0.3, 0.4) is 0 Å². The van der Waals surface area contributed by atoms with Crippen LogP contribution < -0.4 is 0 Å². The molecule has 2 aromatic rings. The maximum absolute atomic E-state index is 12.5. The van der Waals surface area contributed by atoms with Crippen molar-refractivity contribution in [2.75, 3.05) is 19.7 Å². The van der Waals surface area contributed by atoms with Crippen LogP contribution in [0.25, 0.3) is 15.9 Å². The van der Waals surface area contributed by atoms with Crippen molar-refractivity contribution in [2.45, 2.75) is 56.8 Å². The Morgan fingerprint density at radius 1 is 1.30 bits per heavy atom. The van der Waals surface area contributed by atoms with Crippen LogP contribution in [0, 0.1) is 12.5 Å². The van der Waals surface area contributed by atoms with Crippen molar-refractivity contribution >= 4 is 34.4 Å². The summed E-state index contributed by atoms with van der Waals surface area (Å²) in [6.07, 6.45) is 7.70. The summed E-state index contributed by atoms with van der Waals surface area (Å²) in [5.74, 6) is 0.377. The fourth-order valence-corrected chi connectivity index (χ4v) is 5.56. The zero-order chi connectivity index (χ0) is 20.7. The molecule has 7 nitrogen and oxygen atoms in total. The Labute approximate surface area is 180 Å². The molecule has 8 heteroatoms. The summed E-state index contributed by atoms with van der Waals surface area (Å²) in [4.78, 5) is 22.3. The van der Waals surface area contributed by atoms with Gasteiger partial charge in [-0.05, 0) is 56.6 Å². The van der Waals surface area contributed by atoms with Gasteiger partial charge in [-0.3, -0.25) is 0 Å². The summed E-state index contributed by atoms with van der Waals surface area (Å²) in [6, 6.07) is 3.50. The van der Waals surface area contributed by atoms with Gasteiger partial charge in [0.1, 0.15) is 11.1 Å². The fraction of sp³-hybridized carbons (Fsp3) is 0.591. The molecule has 1 spiro atoms. The second-order valence-electron chi connectivity index (χ2n) is 8.83. The molecule has 3 heterocycles. The van der Waals surface area contributed by atoms with E-state index in [0.29, 0.717) is 29.7 Å². The molecule has 2 saturated heterocycles. The number of carbonyl (C=O) groups is 1. The molecule has 2 aliphatic heterocycles. The van der Waals surface area contributed by atoms with Gasteiger partial charge in [-0.15, -0.1) is 0 Å². The van der Waals surface area contributed by atoms with Gasteiger partial charge in [0.05, 0.1) is 42.6 Å². The lowest BCUT2D eigenvalue weighted by molar-refractivity contribution is 0.00407. The highest BCUT2D eigenvalue weighted by molar-refractivity contribution is 6.35. The van der Waals surface area contributed by atoms with E-state index in [2.05, 4.69) is 14.4 Å². The van der Waals surface area contributed by atoms with Gasteiger partial charge in [-0.25, -0.2) is 14.6 Å². The van der Waals surface area contributed by atoms with E-state index < -0.39 is 5.60 Å². The van der Waals surface area contributed by atoms with Gasteiger partial charge in [0, 0.05) is 13.2 Å². The largest absolute Gasteiger partial charge is 0.441 e. The lowest BCUT2D eigenvalue weighted by Gasteiger charge is -2.36. The van der Waals surface area contributed by atoms with E-state index >= 15 is 0 Å². The van der Waals surface area contributed by atoms with Gasteiger partial charge in [0.25, 0.3) is 0 Å². The first-order chi connectivity index (χ1) is 14.5. The number of fused-ring (bicyclic) bond motifs is 1. The van der Waals surface area contributed by atoms with Crippen LogP contribution in [0.5, 0.6) is 0 Å². The maximum atomic E-state index is 12.5. The highest BCUT2D eigenvalue weighted by Crippen LogP contribution is 2.41. The van der Waals surface area contributed by atoms with E-state index in [1.165, 1.54) is 0 Å². The van der Waals surface area contributed by atoms with Crippen molar-refractivity contribution in [3.05, 3.63) is 34.9 Å². The molecule has 5 rings (SSSR count). The van der Waals surface area contributed by atoms with E-state index in [1.807, 2.05) is 11.0 Å². The minimum atomic E-state index is -0.395. The van der Waals surface area contributed by atoms with Crippen molar-refractivity contribution in [3.8, 4) is 0 Å². The van der Waals surface area contributed by atoms with Crippen molar-refractivity contribution in [1.82, 2.24) is 14.5 Å². The number of imidazole rings is 1. The summed E-state index contributed by atoms with van der Waals surface area (Å²) in [6.45, 7) is 10.1. The third-order valence-electron chi connectivity index (χ3n) is 6.64. The molecule has 1 saturated carbocycles. The zero-order valence-corrected chi connectivity index (χ0v) is 17.6. The number of benzene rings is 1. The topological polar surface area (TPSA) is 61.0 Å². The number of nitrogens with zero attached hydrogens (tertiary/aromatic N) is 4. The SMILES string of the molecule is [C-]#[N+]c1cc(Cl)c2ncn(C[C@H]3CCC[C@]4(C3)CN(C[C@@H]3CCCO3)C(=O)O4)c2c1. The summed E-state index contributed by atoms with van der Waals surface area (Å²) in [7, 11) is 0. The molecule has 0 unspecified atom stereocenters. The minimum absolute atomic E-state index is 0.144. The summed E-state index contributed by atoms with van der Waals surface area (Å²) in [5, 5.41) is 0.506. The Morgan fingerprint density at radius 3 is 3.00 bits per heavy atom. The normalized spacial score (nSPS) is 28.9. The van der Waals surface area contributed by atoms with Crippen molar-refractivity contribution in [3.63, 3.8) is 0 Å². The summed E-state index contributed by atoms with van der Waals surface area (Å²) in [5.41, 5.74) is 1.74. The lowest BCUT2D eigenvalue weighted by Crippen LogP contribution is -2.41. The highest BCUT2D eigenvalue weighted by atomic mass is 35.5. The number of amides is 1. The van der Waals surface area contributed by atoms with Gasteiger partial charge in [0.15, 0.2) is 5.69 Å². The third-order valence-corrected chi connectivity index (χ3v) is 6.93. The number of halogens is 1. The average Bonchev–Trinajstić information content (AvgIpc) is 3.44. The first-order valence-corrected chi connectivity index (χ1v) is 11.0. The van der Waals surface area contributed by atoms with Gasteiger partial charge in [-0.2, -0.15) is 0 Å². The predicted molar refractivity (Wildman–Crippen MR) is 113 cm³/mol. The minimum Gasteiger partial charge on any atom is -0.441 e. The number of ether oxygens (including phenoxy) is 2. The molecular formula is C22H25ClN4O3. The summed E-state index contributed by atoms with van der Waals surface area (Å²) < 4.78 is 13.7. The molecule has 0 N–H and O–H groups in total. The van der Waals surface area contributed by atoms with E-state index in [-0.39, 0.29) is 12.2 Å². The van der Waals surface area contributed by atoms with E-state index in [0.717, 1.165) is 62.7 Å². The lowest BCUT2D eigenvalue weighted by atomic mass is 9.78. The second kappa shape index (κ2) is 7.75. The fourth-order valence-electron chi connectivity index (χ4n) is 5.30. The Balaban J connectivity index is 1.30. The monoisotopic (exact) mass is 428 g/mol. The molecule has 1 amide bonds. The van der Waals surface area contributed by atoms with E-state index in [1.54, 1.807) is 12.4 Å². The Hall–Kier alpha value is -2.30. The number of hydrogen-bond acceptors (Lipinski definition) is 4. The molecule has 1 aromatic carbocycles. The second-order valence-corrected chi connectivity index (χ2v) is 9.24. The number of hydrogen-bond donors (Lipinski definition) is 0. The Bertz CT molecular complexity index is 1010. The van der Waals surface area contributed by atoms with Crippen molar-refractivity contribution in [1.29, 1.82) is 0 Å². The van der Waals surface area contributed by atoms with Crippen LogP contribution >= 0.6 is 11.6 Å². The number of aromatic nitrogens is 2. The van der Waals surface area contributed by atoms with E-state index in [9.17, 15) is 4.79 Å². The van der Waals surface area contributed by atoms with Crippen LogP contribution in [0.4, 0.5) is 10.5 Å². The molecule has 30 heavy (non-hydrogen) atoms. The quantitative estimate of drug-likeness (QED) is 0.656. The molecule has 1 aromatic heterocycles. The van der Waals surface area contributed by atoms with Gasteiger partial charge >= 0.3 is 6.09 Å². The molecule has 1 aliphatic carbocycles. The smallest absolute Gasteiger partial charge is 0.410 e. The van der Waals surface area contributed by atoms with Crippen LogP contribution in [0.1, 0.15) is 38.5 Å². The van der Waals surface area contributed by atoms with Crippen LogP contribution in [-0.4, -0.2) is 51.9 Å². The first kappa shape index (κ1) is 19.7. The number of rotatable bonds is 4. The molecule has 3 atom stereocenters. The van der Waals surface area contributed by atoms with E-state index in [4.69, 9.17) is 27.6 Å². The van der Waals surface area contributed by atoms with Crippen LogP contribution in [0.2, 0.25) is 5.02 Å². The van der Waals surface area contributed by atoms with Gasteiger partial charge in [-0.1, -0.05) is 11.6 Å². The standard InChI is InChI=1S/C22H25ClN4O3/c1-24-16-8-18(23)20-19(9-16)27(14-25-20)11-15-4-2-6-22(10-15)13-26(21(28)30-22)12-17-5-3-7-29-17/h8-9,14-15,17H,2-7,10-13H2/t15-,17-,22-/m0/s1. The molecule has 158 valence electrons. The number of carbonyl (C=O) groups excluding carboxylic acids is 1. The maximum Gasteiger partial charge on any atom is 0.410 e. The summed E-state index contributed by atoms with van der Waals surface area (Å²) >= 11 is 6.30. The third kappa shape index (κ3) is 3.63. The predicted octanol–water partition coefficient (Wildman–Crippen LogP) is 4.80. The molecule has 0 radical (unpaired) electrons. The highest BCUT2D eigenvalue weighted by Gasteiger charge is 2.48. The van der Waals surface area contributed by atoms with Gasteiger partial charge < -0.3 is 18.9 Å². The molecule has 3 fully saturated rings. The Kier molecular flexibility index (Phi) is 5.08. The van der Waals surface area contributed by atoms with Gasteiger partial charge in [0.2, 0.25) is 0 Å². The zero-order valence-electron chi connectivity index (χ0n) is 16.8. The molecule has 0 bridgehead atoms. The van der Waals surface area contributed by atoms with Crippen molar-refractivity contribution in [2.24, 2.45) is 5.92 Å². The first-order valence-electron chi connectivity index (χ1n) is 10.7.